The van der Waals surface area contributed by atoms with Crippen LogP contribution in [0.15, 0.2) is 107 Å². The summed E-state index contributed by atoms with van der Waals surface area (Å²) in [6, 6.07) is 23.5. The Morgan fingerprint density at radius 3 is 1.24 bits per heavy atom. The summed E-state index contributed by atoms with van der Waals surface area (Å²) in [5, 5.41) is 20.4. The van der Waals surface area contributed by atoms with E-state index in [1.807, 2.05) is 19.9 Å². The number of carbonyl (C=O) groups excluding carboxylic acids is 3. The molecule has 4 aromatic carbocycles. The van der Waals surface area contributed by atoms with Crippen molar-refractivity contribution in [1.29, 1.82) is 5.26 Å². The molecule has 17 heteroatoms. The third kappa shape index (κ3) is 11.8. The number of carbonyl (C=O) groups is 4. The Morgan fingerprint density at radius 2 is 0.947 bits per heavy atom. The molecular weight excluding hydrogens is 975 g/mol. The number of nitrogens with zero attached hydrogens (tertiary/aromatic N) is 5. The normalized spacial score (nSPS) is 23.0. The van der Waals surface area contributed by atoms with Crippen LogP contribution in [0.25, 0.3) is 0 Å². The van der Waals surface area contributed by atoms with E-state index in [9.17, 15) is 50.6 Å². The van der Waals surface area contributed by atoms with E-state index in [1.165, 1.54) is 36.4 Å². The molecule has 2 heterocycles. The maximum atomic E-state index is 13.9. The monoisotopic (exact) mass is 1040 g/mol. The van der Waals surface area contributed by atoms with Gasteiger partial charge in [-0.05, 0) is 148 Å². The van der Waals surface area contributed by atoms with Gasteiger partial charge in [0, 0.05) is 16.7 Å². The number of hydrogen-bond acceptors (Lipinski definition) is 7. The largest absolute Gasteiger partial charge is 0.478 e. The van der Waals surface area contributed by atoms with Gasteiger partial charge in [-0.2, -0.15) is 31.6 Å². The average Bonchev–Trinajstić information content (AvgIpc) is 3.80. The van der Waals surface area contributed by atoms with Gasteiger partial charge in [0.15, 0.2) is 0 Å². The molecule has 2 aliphatic carbocycles. The fourth-order valence-electron chi connectivity index (χ4n) is 11.2. The molecular formula is C58H64F6N6O5. The Labute approximate surface area is 434 Å². The Kier molecular flexibility index (Phi) is 15.7. The third-order valence-corrected chi connectivity index (χ3v) is 15.8. The highest BCUT2D eigenvalue weighted by Gasteiger charge is 2.54. The summed E-state index contributed by atoms with van der Waals surface area (Å²) in [6.45, 7) is 16.9. The Balaban J connectivity index is 0.000000219. The van der Waals surface area contributed by atoms with E-state index in [1.54, 1.807) is 46.2 Å². The molecule has 2 atom stereocenters. The summed E-state index contributed by atoms with van der Waals surface area (Å²) < 4.78 is 78.7. The number of nitrogens with one attached hydrogen (secondary N) is 1. The average molecular weight is 1040 g/mol. The van der Waals surface area contributed by atoms with Gasteiger partial charge < -0.3 is 20.2 Å². The summed E-state index contributed by atoms with van der Waals surface area (Å²) in [6.07, 6.45) is -2.80. The molecule has 0 bridgehead atoms. The molecule has 0 aromatic heterocycles. The van der Waals surface area contributed by atoms with Crippen LogP contribution >= 0.6 is 0 Å². The minimum atomic E-state index is -4.47. The van der Waals surface area contributed by atoms with Gasteiger partial charge in [0.05, 0.1) is 34.8 Å². The predicted octanol–water partition coefficient (Wildman–Crippen LogP) is 13.0. The zero-order valence-electron chi connectivity index (χ0n) is 43.5. The molecule has 398 valence electrons. The zero-order chi connectivity index (χ0) is 55.1. The molecule has 4 aromatic rings. The van der Waals surface area contributed by atoms with E-state index in [2.05, 4.69) is 46.9 Å². The van der Waals surface area contributed by atoms with Gasteiger partial charge in [-0.15, -0.1) is 0 Å². The molecule has 3 amide bonds. The van der Waals surface area contributed by atoms with Crippen molar-refractivity contribution in [2.75, 3.05) is 6.54 Å². The lowest BCUT2D eigenvalue weighted by molar-refractivity contribution is -0.138. The number of aliphatic imine (C=N–C) groups is 2. The summed E-state index contributed by atoms with van der Waals surface area (Å²) in [5.41, 5.74) is 0.308. The highest BCUT2D eigenvalue weighted by atomic mass is 19.4. The molecule has 0 saturated heterocycles. The highest BCUT2D eigenvalue weighted by molar-refractivity contribution is 6.47. The van der Waals surface area contributed by atoms with Crippen molar-refractivity contribution in [3.05, 3.63) is 142 Å². The molecule has 0 radical (unpaired) electrons. The van der Waals surface area contributed by atoms with Crippen LogP contribution < -0.4 is 5.32 Å². The molecule has 8 rings (SSSR count). The van der Waals surface area contributed by atoms with Crippen molar-refractivity contribution >= 4 is 35.1 Å². The Bertz CT molecular complexity index is 2860. The molecule has 75 heavy (non-hydrogen) atoms. The second-order valence-corrected chi connectivity index (χ2v) is 22.4. The minimum absolute atomic E-state index is 0.0958. The van der Waals surface area contributed by atoms with E-state index in [0.717, 1.165) is 61.1 Å². The lowest BCUT2D eigenvalue weighted by atomic mass is 9.69. The first-order valence-corrected chi connectivity index (χ1v) is 25.3. The van der Waals surface area contributed by atoms with Crippen LogP contribution in [-0.2, 0) is 21.9 Å². The van der Waals surface area contributed by atoms with E-state index in [-0.39, 0.29) is 52.1 Å². The second-order valence-electron chi connectivity index (χ2n) is 22.4. The van der Waals surface area contributed by atoms with Crippen molar-refractivity contribution in [2.45, 2.75) is 143 Å². The van der Waals surface area contributed by atoms with E-state index in [0.29, 0.717) is 54.2 Å². The summed E-state index contributed by atoms with van der Waals surface area (Å²) in [7, 11) is 0. The quantitative estimate of drug-likeness (QED) is 0.126. The van der Waals surface area contributed by atoms with Crippen molar-refractivity contribution in [2.24, 2.45) is 32.7 Å². The first kappa shape index (κ1) is 55.9. The van der Waals surface area contributed by atoms with Crippen molar-refractivity contribution in [3.8, 4) is 6.07 Å². The SMILES string of the molecule is C[C@H](c1ccc(C(=O)NCC#N)cc1)N1C(=O)C(c2ccc(C(F)(F)F)cc2)=NC12CCC(C(C)(C)C)CC2.C[C@H](c1ccc(C(=O)O)cc1)N1C(=O)C(c2ccc(C(F)(F)F)cc2)=NC12CCC(C(C)(C)C)CC2. The van der Waals surface area contributed by atoms with Gasteiger partial charge in [0.1, 0.15) is 29.3 Å². The number of aromatic carboxylic acids is 1. The summed E-state index contributed by atoms with van der Waals surface area (Å²) >= 11 is 0. The number of hydrogen-bond donors (Lipinski definition) is 2. The summed E-state index contributed by atoms with van der Waals surface area (Å²) in [4.78, 5) is 64.7. The van der Waals surface area contributed by atoms with Crippen LogP contribution in [0.2, 0.25) is 0 Å². The molecule has 2 aliphatic heterocycles. The lowest BCUT2D eigenvalue weighted by Gasteiger charge is -2.46. The predicted molar refractivity (Wildman–Crippen MR) is 273 cm³/mol. The van der Waals surface area contributed by atoms with Gasteiger partial charge in [-0.3, -0.25) is 24.4 Å². The summed E-state index contributed by atoms with van der Waals surface area (Å²) in [5.74, 6) is -1.09. The van der Waals surface area contributed by atoms with Crippen molar-refractivity contribution in [3.63, 3.8) is 0 Å². The number of halogens is 6. The van der Waals surface area contributed by atoms with Crippen molar-refractivity contribution < 1.29 is 50.6 Å². The Hall–Kier alpha value is -6.83. The van der Waals surface area contributed by atoms with Gasteiger partial charge in [0.2, 0.25) is 0 Å². The molecule has 2 N–H and O–H groups in total. The molecule has 2 saturated carbocycles. The number of carboxylic acids is 1. The minimum Gasteiger partial charge on any atom is -0.478 e. The van der Waals surface area contributed by atoms with E-state index >= 15 is 0 Å². The molecule has 2 fully saturated rings. The lowest BCUT2D eigenvalue weighted by Crippen LogP contribution is -2.50. The Morgan fingerprint density at radius 1 is 0.613 bits per heavy atom. The number of rotatable bonds is 9. The number of nitriles is 1. The fourth-order valence-corrected chi connectivity index (χ4v) is 11.2. The number of alkyl halides is 6. The van der Waals surface area contributed by atoms with Gasteiger partial charge in [-0.1, -0.05) is 90.1 Å². The topological polar surface area (TPSA) is 156 Å². The second kappa shape index (κ2) is 21.1. The van der Waals surface area contributed by atoms with E-state index < -0.39 is 52.9 Å². The molecule has 11 nitrogen and oxygen atoms in total. The number of carboxylic acid groups (broad SMARTS) is 1. The zero-order valence-corrected chi connectivity index (χ0v) is 43.5. The highest BCUT2D eigenvalue weighted by Crippen LogP contribution is 2.51. The van der Waals surface area contributed by atoms with Crippen LogP contribution in [0.1, 0.15) is 173 Å². The van der Waals surface area contributed by atoms with E-state index in [4.69, 9.17) is 15.2 Å². The molecule has 0 unspecified atom stereocenters. The van der Waals surface area contributed by atoms with Crippen LogP contribution in [-0.4, -0.2) is 67.9 Å². The molecule has 2 spiro atoms. The number of benzene rings is 4. The maximum Gasteiger partial charge on any atom is 0.416 e. The first-order chi connectivity index (χ1) is 35.0. The molecule has 4 aliphatic rings. The van der Waals surface area contributed by atoms with Gasteiger partial charge in [0.25, 0.3) is 17.7 Å². The van der Waals surface area contributed by atoms with Gasteiger partial charge in [-0.25, -0.2) is 4.79 Å². The third-order valence-electron chi connectivity index (χ3n) is 15.8. The van der Waals surface area contributed by atoms with Crippen LogP contribution in [0.5, 0.6) is 0 Å². The first-order valence-electron chi connectivity index (χ1n) is 25.3. The number of amides is 3. The van der Waals surface area contributed by atoms with Crippen LogP contribution in [0, 0.1) is 34.0 Å². The van der Waals surface area contributed by atoms with Crippen LogP contribution in [0.4, 0.5) is 26.3 Å². The maximum absolute atomic E-state index is 13.9. The smallest absolute Gasteiger partial charge is 0.416 e. The van der Waals surface area contributed by atoms with Gasteiger partial charge >= 0.3 is 18.3 Å². The van der Waals surface area contributed by atoms with Crippen molar-refractivity contribution in [1.82, 2.24) is 15.1 Å². The standard InChI is InChI=1S/C30H33F3N4O2.C28H31F3N2O3/c1-19(20-5-7-22(8-6-20)26(38)35-18-17-34)37-27(39)25(21-9-11-24(12-10-21)30(31,32)33)36-29(37)15-13-23(14-16-29)28(2,3)4;1-17(18-5-7-20(8-6-18)25(35)36)33-24(34)23(19-9-11-22(12-10-19)28(29,30)31)32-27(33)15-13-21(14-16-27)26(2,3)4/h5-12,19,23H,13-16,18H2,1-4H3,(H,35,38);5-12,17,21H,13-16H2,1-4H3,(H,35,36)/t19-,23?,29?;17-,21?,27?/m11/s1. The fraction of sp³-hybridized carbons (Fsp3) is 0.466. The van der Waals surface area contributed by atoms with Crippen LogP contribution in [0.3, 0.4) is 0 Å².